The second kappa shape index (κ2) is 40.6. The molecule has 0 radical (unpaired) electrons. The monoisotopic (exact) mass is 1630 g/mol. The van der Waals surface area contributed by atoms with E-state index < -0.39 is 302 Å². The fourth-order valence-corrected chi connectivity index (χ4v) is 17.3. The van der Waals surface area contributed by atoms with Crippen molar-refractivity contribution in [2.75, 3.05) is 40.1 Å². The summed E-state index contributed by atoms with van der Waals surface area (Å²) in [5.41, 5.74) is 0. The van der Waals surface area contributed by atoms with Crippen molar-refractivity contribution in [3.8, 4) is 0 Å². The lowest BCUT2D eigenvalue weighted by Gasteiger charge is -2.51. The van der Waals surface area contributed by atoms with Crippen LogP contribution in [0.5, 0.6) is 0 Å². The zero-order valence-corrected chi connectivity index (χ0v) is 62.2. The molecule has 5 aliphatic carbocycles. The van der Waals surface area contributed by atoms with Crippen LogP contribution in [0.2, 0.25) is 0 Å². The predicted octanol–water partition coefficient (Wildman–Crippen LogP) is -9.67. The Kier molecular flexibility index (Phi) is 32.3. The zero-order chi connectivity index (χ0) is 81.5. The van der Waals surface area contributed by atoms with Crippen LogP contribution in [0.3, 0.4) is 0 Å². The molecule has 646 valence electrons. The van der Waals surface area contributed by atoms with Crippen LogP contribution in [0.4, 0.5) is 0 Å². The maximum atomic E-state index is 13.7. The largest absolute Gasteiger partial charge is 0.460 e. The van der Waals surface area contributed by atoms with Crippen LogP contribution in [-0.2, 0) is 80.7 Å². The van der Waals surface area contributed by atoms with Gasteiger partial charge in [-0.05, 0) is 101 Å². The third kappa shape index (κ3) is 21.9. The number of methoxy groups -OCH3 is 1. The van der Waals surface area contributed by atoms with Crippen LogP contribution in [0.1, 0.15) is 96.3 Å². The van der Waals surface area contributed by atoms with Crippen LogP contribution < -0.4 is 0 Å². The number of hydrogen-bond donors (Lipinski definition) is 22. The summed E-state index contributed by atoms with van der Waals surface area (Å²) in [6.07, 6.45) is -46.7. The van der Waals surface area contributed by atoms with Crippen molar-refractivity contribution >= 4 is 17.9 Å². The summed E-state index contributed by atoms with van der Waals surface area (Å²) < 4.78 is 87.8. The first-order valence-corrected chi connectivity index (χ1v) is 39.0. The topological polar surface area (TPSA) is 638 Å². The van der Waals surface area contributed by atoms with Gasteiger partial charge in [-0.3, -0.25) is 0 Å². The van der Waals surface area contributed by atoms with Crippen LogP contribution >= 0.6 is 0 Å². The Morgan fingerprint density at radius 3 is 1.23 bits per heavy atom. The minimum absolute atomic E-state index is 0.0376. The SMILES string of the molecule is COC1CC(C2[OH+]C3CC(O)CC(OC4OC(CO)C(O)C(O)C4O)C3CC2OC2OC(COC(=O)C=CC3CCC(OC4OC(COC(=O)C=CC5CCC(O)C(OC6OC(CO)C(O)C(O)C6O)C5)C(O)C(O)C4O)C(O)C3)C(O)C(O)C2OC2OC(COC(=O)C=CC3CCC(O)C(O)C3)C(O)C(O)C2O)CCC1O. The molecule has 11 aliphatic rings. The third-order valence-corrected chi connectivity index (χ3v) is 24.1. The normalized spacial score (nSPS) is 48.9. The van der Waals surface area contributed by atoms with Crippen molar-refractivity contribution in [1.82, 2.24) is 0 Å². The molecule has 40 heteroatoms. The lowest BCUT2D eigenvalue weighted by Crippen LogP contribution is -2.66. The molecule has 113 heavy (non-hydrogen) atoms. The molecule has 0 spiro atoms. The molecule has 40 nitrogen and oxygen atoms in total. The number of fused-ring (bicyclic) bond motifs is 1. The van der Waals surface area contributed by atoms with Crippen molar-refractivity contribution in [2.24, 2.45) is 29.6 Å². The Hall–Kier alpha value is -3.73. The number of aliphatic hydroxyl groups is 24. The second-order valence-corrected chi connectivity index (χ2v) is 31.8. The Morgan fingerprint density at radius 2 is 0.743 bits per heavy atom. The highest BCUT2D eigenvalue weighted by atomic mass is 16.8. The van der Waals surface area contributed by atoms with E-state index in [2.05, 4.69) is 0 Å². The van der Waals surface area contributed by atoms with Gasteiger partial charge in [-0.1, -0.05) is 18.2 Å². The molecule has 11 fully saturated rings. The summed E-state index contributed by atoms with van der Waals surface area (Å²) in [6.45, 7) is -3.67. The first-order chi connectivity index (χ1) is 53.8. The molecule has 43 atom stereocenters. The van der Waals surface area contributed by atoms with Gasteiger partial charge in [0.15, 0.2) is 43.7 Å². The number of ether oxygens (including phenoxy) is 15. The number of aliphatic hydroxyl groups excluding tert-OH is 22. The van der Waals surface area contributed by atoms with Crippen molar-refractivity contribution in [3.63, 3.8) is 0 Å². The molecule has 6 heterocycles. The minimum Gasteiger partial charge on any atom is -0.460 e. The van der Waals surface area contributed by atoms with Gasteiger partial charge in [-0.15, -0.1) is 0 Å². The van der Waals surface area contributed by atoms with E-state index in [1.807, 2.05) is 0 Å². The number of carbonyl (C=O) groups is 3. The second-order valence-electron chi connectivity index (χ2n) is 31.8. The van der Waals surface area contributed by atoms with Gasteiger partial charge in [0, 0.05) is 44.1 Å². The third-order valence-electron chi connectivity index (χ3n) is 24.1. The van der Waals surface area contributed by atoms with Gasteiger partial charge in [0.1, 0.15) is 148 Å². The van der Waals surface area contributed by atoms with E-state index in [0.717, 1.165) is 18.2 Å². The lowest BCUT2D eigenvalue weighted by molar-refractivity contribution is -0.390. The van der Waals surface area contributed by atoms with E-state index in [4.69, 9.17) is 71.1 Å². The summed E-state index contributed by atoms with van der Waals surface area (Å²) in [6, 6.07) is 0. The maximum absolute atomic E-state index is 13.7. The molecular formula is C73H115O40+. The minimum atomic E-state index is -2.12. The summed E-state index contributed by atoms with van der Waals surface area (Å²) >= 11 is 0. The summed E-state index contributed by atoms with van der Waals surface area (Å²) in [5.74, 6) is -5.21. The van der Waals surface area contributed by atoms with E-state index >= 15 is 0 Å². The number of allylic oxidation sites excluding steroid dienone is 3. The quantitative estimate of drug-likeness (QED) is 0.0165. The van der Waals surface area contributed by atoms with E-state index in [9.17, 15) is 127 Å². The van der Waals surface area contributed by atoms with E-state index in [1.54, 1.807) is 0 Å². The molecule has 6 aliphatic heterocycles. The van der Waals surface area contributed by atoms with Gasteiger partial charge in [-0.25, -0.2) is 14.4 Å². The standard InChI is InChI=1S/C73H114O40/c1-99-42-19-31(8-11-35(42)78)67-44(22-33-40(103-67)20-32(76)21-41(33)105-70-63(95)58(90)53(85)45(23-74)108-70)107-73-68(113-72-66(98)61(93)56(88)48(111-72)26-101-50(82)13-5-28-2-9-34(77)37(80)16-28)62(94)57(89)49(112-73)27-102-51(83)14-6-29-4-12-39(38(81)17-29)104-69-65(97)60(92)55(87)47(110-69)25-100-52(84)15-7-30-3-10-36(79)43(18-30)106-71-64(96)59(91)54(86)46(24-75)109-71/h5-7,13-15,28-49,53-81,85-98H,2-4,8-12,16-27H2,1H3/p+1. The van der Waals surface area contributed by atoms with Gasteiger partial charge in [0.05, 0.1) is 80.2 Å². The fourth-order valence-electron chi connectivity index (χ4n) is 17.3. The Morgan fingerprint density at radius 1 is 0.345 bits per heavy atom. The molecule has 0 aromatic rings. The number of esters is 3. The number of carbonyl (C=O) groups excluding carboxylic acids is 3. The Bertz CT molecular complexity index is 3080. The van der Waals surface area contributed by atoms with Gasteiger partial charge >= 0.3 is 17.9 Å². The Labute approximate surface area is 649 Å². The van der Waals surface area contributed by atoms with Crippen LogP contribution in [-0.4, -0.2) is 408 Å². The fraction of sp³-hybridized carbons (Fsp3) is 0.877. The van der Waals surface area contributed by atoms with Crippen LogP contribution in [0.25, 0.3) is 0 Å². The van der Waals surface area contributed by atoms with Crippen molar-refractivity contribution in [2.45, 2.75) is 329 Å². The number of rotatable bonds is 26. The Balaban J connectivity index is 0.735. The lowest BCUT2D eigenvalue weighted by atomic mass is 9.72. The summed E-state index contributed by atoms with van der Waals surface area (Å²) in [4.78, 5) is 39.7. The van der Waals surface area contributed by atoms with Gasteiger partial charge < -0.3 is 183 Å². The summed E-state index contributed by atoms with van der Waals surface area (Å²) in [7, 11) is 1.43. The molecule has 0 bridgehead atoms. The smallest absolute Gasteiger partial charge is 0.330 e. The van der Waals surface area contributed by atoms with E-state index in [0.29, 0.717) is 19.3 Å². The molecule has 6 saturated heterocycles. The maximum Gasteiger partial charge on any atom is 0.330 e. The molecule has 23 N–H and O–H groups in total. The molecule has 11 rings (SSSR count). The average Bonchev–Trinajstić information content (AvgIpc) is 0.715. The molecule has 0 aromatic heterocycles. The van der Waals surface area contributed by atoms with E-state index in [-0.39, 0.29) is 88.9 Å². The molecule has 0 aromatic carbocycles. The zero-order valence-electron chi connectivity index (χ0n) is 62.2. The highest BCUT2D eigenvalue weighted by Crippen LogP contribution is 2.46. The molecule has 43 unspecified atom stereocenters. The first-order valence-electron chi connectivity index (χ1n) is 39.0. The highest BCUT2D eigenvalue weighted by Gasteiger charge is 2.59. The average molecular weight is 1630 g/mol. The van der Waals surface area contributed by atoms with E-state index in [1.165, 1.54) is 25.3 Å². The van der Waals surface area contributed by atoms with Gasteiger partial charge in [0.25, 0.3) is 0 Å². The predicted molar refractivity (Wildman–Crippen MR) is 370 cm³/mol. The van der Waals surface area contributed by atoms with Crippen LogP contribution in [0, 0.1) is 29.6 Å². The highest BCUT2D eigenvalue weighted by molar-refractivity contribution is 5.82. The molecular weight excluding hydrogens is 1520 g/mol. The van der Waals surface area contributed by atoms with Crippen molar-refractivity contribution in [3.05, 3.63) is 36.5 Å². The van der Waals surface area contributed by atoms with Gasteiger partial charge in [0.2, 0.25) is 0 Å². The van der Waals surface area contributed by atoms with Gasteiger partial charge in [-0.2, -0.15) is 0 Å². The molecule has 5 saturated carbocycles. The van der Waals surface area contributed by atoms with Crippen LogP contribution in [0.15, 0.2) is 36.5 Å². The van der Waals surface area contributed by atoms with Crippen molar-refractivity contribution in [1.29, 1.82) is 0 Å². The molecule has 0 amide bonds. The first kappa shape index (κ1) is 90.0. The summed E-state index contributed by atoms with van der Waals surface area (Å²) in [5, 5.41) is 238. The number of hydrogen-bond acceptors (Lipinski definition) is 39. The van der Waals surface area contributed by atoms with Crippen molar-refractivity contribution < 1.29 is 198 Å².